The molecule has 0 bridgehead atoms. The van der Waals surface area contributed by atoms with E-state index in [2.05, 4.69) is 23.0 Å². The second kappa shape index (κ2) is 9.60. The largest absolute Gasteiger partial charge is 0.453 e. The molecule has 0 aliphatic heterocycles. The van der Waals surface area contributed by atoms with Crippen LogP contribution >= 0.6 is 0 Å². The van der Waals surface area contributed by atoms with Gasteiger partial charge in [-0.3, -0.25) is 4.79 Å². The van der Waals surface area contributed by atoms with E-state index in [9.17, 15) is 14.9 Å². The van der Waals surface area contributed by atoms with Crippen molar-refractivity contribution in [2.75, 3.05) is 6.61 Å². The molecule has 0 unspecified atom stereocenters. The molecule has 0 aromatic carbocycles. The molecule has 0 amide bonds. The fourth-order valence-corrected chi connectivity index (χ4v) is 4.24. The van der Waals surface area contributed by atoms with Gasteiger partial charge in [-0.25, -0.2) is 4.79 Å². The summed E-state index contributed by atoms with van der Waals surface area (Å²) < 4.78 is 9.61. The number of esters is 1. The first-order chi connectivity index (χ1) is 15.1. The molecule has 1 fully saturated rings. The first kappa shape index (κ1) is 23.6. The van der Waals surface area contributed by atoms with E-state index in [1.807, 2.05) is 45.9 Å². The van der Waals surface area contributed by atoms with Crippen LogP contribution in [0.4, 0.5) is 0 Å². The topological polar surface area (TPSA) is 77.0 Å². The molecule has 6 nitrogen and oxygen atoms in total. The molecule has 1 aliphatic carbocycles. The Morgan fingerprint density at radius 1 is 1.16 bits per heavy atom. The molecule has 6 heteroatoms. The van der Waals surface area contributed by atoms with Crippen molar-refractivity contribution < 1.29 is 14.3 Å². The van der Waals surface area contributed by atoms with Gasteiger partial charge in [0.15, 0.2) is 6.61 Å². The van der Waals surface area contributed by atoms with Gasteiger partial charge in [-0.2, -0.15) is 5.26 Å². The molecular weight excluding hydrogens is 402 g/mol. The van der Waals surface area contributed by atoms with Crippen LogP contribution in [-0.4, -0.2) is 27.5 Å². The lowest BCUT2D eigenvalue weighted by molar-refractivity contribution is -0.137. The summed E-state index contributed by atoms with van der Waals surface area (Å²) in [6.45, 7) is 12.8. The second-order valence-electron chi connectivity index (χ2n) is 9.22. The Balaban J connectivity index is 1.70. The number of aryl methyl sites for hydroxylation is 2. The molecule has 2 aromatic heterocycles. The second-order valence-corrected chi connectivity index (χ2v) is 9.22. The van der Waals surface area contributed by atoms with Crippen LogP contribution in [0.5, 0.6) is 0 Å². The number of ketones is 1. The van der Waals surface area contributed by atoms with Gasteiger partial charge in [0.1, 0.15) is 11.6 Å². The summed E-state index contributed by atoms with van der Waals surface area (Å²) in [5, 5.41) is 9.52. The predicted octanol–water partition coefficient (Wildman–Crippen LogP) is 5.24. The van der Waals surface area contributed by atoms with E-state index in [4.69, 9.17) is 4.74 Å². The lowest BCUT2D eigenvalue weighted by atomic mass is 10.1. The summed E-state index contributed by atoms with van der Waals surface area (Å²) >= 11 is 0. The number of ether oxygens (including phenoxy) is 1. The zero-order valence-electron chi connectivity index (χ0n) is 20.0. The summed E-state index contributed by atoms with van der Waals surface area (Å²) in [4.78, 5) is 25.2. The number of carbonyl (C=O) groups is 2. The SMILES string of the molecule is Cc1cc(/C=C(\C#N)C(=O)OCC(=O)c2cc(C)n(C3CC3)c2C)c(C)n1CCC(C)C. The molecule has 2 aromatic rings. The summed E-state index contributed by atoms with van der Waals surface area (Å²) in [5.74, 6) is -0.433. The summed E-state index contributed by atoms with van der Waals surface area (Å²) in [7, 11) is 0. The Bertz CT molecular complexity index is 1100. The zero-order chi connectivity index (χ0) is 23.6. The van der Waals surface area contributed by atoms with E-state index in [1.165, 1.54) is 0 Å². The molecule has 1 saturated carbocycles. The van der Waals surface area contributed by atoms with E-state index in [1.54, 1.807) is 6.08 Å². The number of aromatic nitrogens is 2. The van der Waals surface area contributed by atoms with Crippen molar-refractivity contribution in [3.63, 3.8) is 0 Å². The van der Waals surface area contributed by atoms with Gasteiger partial charge in [0, 0.05) is 40.9 Å². The average molecular weight is 436 g/mol. The number of hydrogen-bond donors (Lipinski definition) is 0. The van der Waals surface area contributed by atoms with Crippen LogP contribution in [0.15, 0.2) is 17.7 Å². The number of rotatable bonds is 9. The Labute approximate surface area is 190 Å². The van der Waals surface area contributed by atoms with Gasteiger partial charge >= 0.3 is 5.97 Å². The minimum atomic E-state index is -0.774. The van der Waals surface area contributed by atoms with Crippen molar-refractivity contribution in [2.45, 2.75) is 73.4 Å². The Kier molecular flexibility index (Phi) is 7.08. The van der Waals surface area contributed by atoms with Gasteiger partial charge in [0.25, 0.3) is 0 Å². The molecule has 0 saturated heterocycles. The number of carbonyl (C=O) groups excluding carboxylic acids is 2. The molecule has 32 heavy (non-hydrogen) atoms. The minimum Gasteiger partial charge on any atom is -0.453 e. The molecule has 2 heterocycles. The summed E-state index contributed by atoms with van der Waals surface area (Å²) in [5.41, 5.74) is 5.34. The third-order valence-corrected chi connectivity index (χ3v) is 6.21. The minimum absolute atomic E-state index is 0.106. The summed E-state index contributed by atoms with van der Waals surface area (Å²) in [6, 6.07) is 6.24. The van der Waals surface area contributed by atoms with Gasteiger partial charge in [0.05, 0.1) is 0 Å². The third-order valence-electron chi connectivity index (χ3n) is 6.21. The van der Waals surface area contributed by atoms with Crippen molar-refractivity contribution in [3.8, 4) is 6.07 Å². The average Bonchev–Trinajstić information content (AvgIpc) is 3.47. The molecule has 1 aliphatic rings. The number of hydrogen-bond acceptors (Lipinski definition) is 4. The molecule has 0 spiro atoms. The van der Waals surface area contributed by atoms with Crippen LogP contribution in [0, 0.1) is 44.9 Å². The smallest absolute Gasteiger partial charge is 0.349 e. The number of nitriles is 1. The van der Waals surface area contributed by atoms with E-state index in [0.717, 1.165) is 54.1 Å². The van der Waals surface area contributed by atoms with Gasteiger partial charge in [-0.15, -0.1) is 0 Å². The predicted molar refractivity (Wildman–Crippen MR) is 124 cm³/mol. The van der Waals surface area contributed by atoms with E-state index in [0.29, 0.717) is 17.5 Å². The normalized spacial score (nSPS) is 14.0. The van der Waals surface area contributed by atoms with E-state index < -0.39 is 5.97 Å². The van der Waals surface area contributed by atoms with Crippen LogP contribution in [0.1, 0.15) is 77.8 Å². The summed E-state index contributed by atoms with van der Waals surface area (Å²) in [6.07, 6.45) is 4.87. The van der Waals surface area contributed by atoms with E-state index >= 15 is 0 Å². The standard InChI is InChI=1S/C26H33N3O3/c1-16(2)9-10-28-17(3)11-21(19(28)5)13-22(14-27)26(31)32-15-25(30)24-12-18(4)29(20(24)6)23-7-8-23/h11-13,16,23H,7-10,15H2,1-6H3/b22-13+. The fourth-order valence-electron chi connectivity index (χ4n) is 4.24. The molecule has 0 atom stereocenters. The lowest BCUT2D eigenvalue weighted by Gasteiger charge is -2.11. The fraction of sp³-hybridized carbons (Fsp3) is 0.500. The van der Waals surface area contributed by atoms with Crippen molar-refractivity contribution in [1.82, 2.24) is 9.13 Å². The van der Waals surface area contributed by atoms with Gasteiger partial charge in [0.2, 0.25) is 5.78 Å². The van der Waals surface area contributed by atoms with Crippen molar-refractivity contribution in [2.24, 2.45) is 5.92 Å². The van der Waals surface area contributed by atoms with Crippen LogP contribution in [0.2, 0.25) is 0 Å². The van der Waals surface area contributed by atoms with Gasteiger partial charge in [-0.05, 0) is 76.6 Å². The maximum absolute atomic E-state index is 12.7. The van der Waals surface area contributed by atoms with Gasteiger partial charge in [-0.1, -0.05) is 13.8 Å². The highest BCUT2D eigenvalue weighted by atomic mass is 16.5. The molecule has 170 valence electrons. The quantitative estimate of drug-likeness (QED) is 0.234. The third kappa shape index (κ3) is 5.04. The van der Waals surface area contributed by atoms with Gasteiger partial charge < -0.3 is 13.9 Å². The van der Waals surface area contributed by atoms with Crippen LogP contribution in [0.3, 0.4) is 0 Å². The molecule has 0 N–H and O–H groups in total. The Morgan fingerprint density at radius 2 is 1.84 bits per heavy atom. The maximum atomic E-state index is 12.7. The molecule has 3 rings (SSSR count). The van der Waals surface area contributed by atoms with Crippen LogP contribution in [-0.2, 0) is 16.1 Å². The van der Waals surface area contributed by atoms with Crippen molar-refractivity contribution >= 4 is 17.8 Å². The first-order valence-electron chi connectivity index (χ1n) is 11.3. The highest BCUT2D eigenvalue weighted by Crippen LogP contribution is 2.38. The van der Waals surface area contributed by atoms with Crippen LogP contribution < -0.4 is 0 Å². The Hall–Kier alpha value is -3.07. The highest BCUT2D eigenvalue weighted by Gasteiger charge is 2.28. The van der Waals surface area contributed by atoms with Crippen molar-refractivity contribution in [1.29, 1.82) is 5.26 Å². The number of Topliss-reactive ketones (excluding diaryl/α,β-unsaturated/α-hetero) is 1. The number of nitrogens with zero attached hydrogens (tertiary/aromatic N) is 3. The van der Waals surface area contributed by atoms with Crippen molar-refractivity contribution in [3.05, 3.63) is 51.6 Å². The first-order valence-corrected chi connectivity index (χ1v) is 11.3. The monoisotopic (exact) mass is 435 g/mol. The highest BCUT2D eigenvalue weighted by molar-refractivity contribution is 6.02. The zero-order valence-corrected chi connectivity index (χ0v) is 20.0. The Morgan fingerprint density at radius 3 is 2.44 bits per heavy atom. The van der Waals surface area contributed by atoms with Crippen LogP contribution in [0.25, 0.3) is 6.08 Å². The maximum Gasteiger partial charge on any atom is 0.349 e. The molecular formula is C26H33N3O3. The van der Waals surface area contributed by atoms with E-state index in [-0.39, 0.29) is 18.0 Å². The lowest BCUT2D eigenvalue weighted by Crippen LogP contribution is -2.16. The molecule has 0 radical (unpaired) electrons.